The van der Waals surface area contributed by atoms with Crippen LogP contribution in [0.2, 0.25) is 0 Å². The van der Waals surface area contributed by atoms with E-state index in [0.29, 0.717) is 24.2 Å². The minimum Gasteiger partial charge on any atom is -0.305 e. The molecular weight excluding hydrogens is 295 g/mol. The lowest BCUT2D eigenvalue weighted by atomic mass is 10.1. The van der Waals surface area contributed by atoms with Crippen LogP contribution in [-0.2, 0) is 16.0 Å². The van der Waals surface area contributed by atoms with E-state index in [2.05, 4.69) is 5.32 Å². The number of para-hydroxylation sites is 1. The number of benzene rings is 2. The van der Waals surface area contributed by atoms with Gasteiger partial charge in [0.05, 0.1) is 18.2 Å². The Balaban J connectivity index is 1.61. The van der Waals surface area contributed by atoms with Gasteiger partial charge in [0.15, 0.2) is 0 Å². The summed E-state index contributed by atoms with van der Waals surface area (Å²) in [5.41, 5.74) is 1.18. The number of carbonyl (C=O) groups excluding carboxylic acids is 2. The lowest BCUT2D eigenvalue weighted by molar-refractivity contribution is -0.121. The number of hydrogen-bond acceptors (Lipinski definition) is 3. The summed E-state index contributed by atoms with van der Waals surface area (Å²) in [4.78, 5) is 25.7. The lowest BCUT2D eigenvalue weighted by Crippen LogP contribution is -2.39. The summed E-state index contributed by atoms with van der Waals surface area (Å²) in [5, 5.41) is 3.06. The number of nitrogens with zero attached hydrogens (tertiary/aromatic N) is 1. The molecule has 1 N–H and O–H groups in total. The Morgan fingerprint density at radius 2 is 1.74 bits per heavy atom. The summed E-state index contributed by atoms with van der Waals surface area (Å²) in [6.45, 7) is 0.438. The van der Waals surface area contributed by atoms with Crippen LogP contribution in [0.1, 0.15) is 12.0 Å². The first kappa shape index (κ1) is 15.4. The van der Waals surface area contributed by atoms with E-state index < -0.39 is 6.04 Å². The molecule has 118 valence electrons. The Hall–Kier alpha value is -2.53. The van der Waals surface area contributed by atoms with Gasteiger partial charge in [-0.05, 0) is 30.2 Å². The third-order valence-electron chi connectivity index (χ3n) is 3.90. The van der Waals surface area contributed by atoms with Crippen molar-refractivity contribution in [2.75, 3.05) is 11.4 Å². The highest BCUT2D eigenvalue weighted by Crippen LogP contribution is 2.22. The topological polar surface area (TPSA) is 49.4 Å². The van der Waals surface area contributed by atoms with E-state index in [1.165, 1.54) is 11.0 Å². The Morgan fingerprint density at radius 3 is 2.48 bits per heavy atom. The highest BCUT2D eigenvalue weighted by atomic mass is 19.1. The van der Waals surface area contributed by atoms with Gasteiger partial charge in [-0.3, -0.25) is 9.59 Å². The van der Waals surface area contributed by atoms with E-state index in [4.69, 9.17) is 0 Å². The van der Waals surface area contributed by atoms with E-state index in [-0.39, 0.29) is 24.1 Å². The Bertz CT molecular complexity index is 718. The van der Waals surface area contributed by atoms with Crippen molar-refractivity contribution in [3.05, 3.63) is 66.0 Å². The number of imide groups is 1. The van der Waals surface area contributed by atoms with Crippen LogP contribution in [0.5, 0.6) is 0 Å². The van der Waals surface area contributed by atoms with Crippen molar-refractivity contribution in [1.29, 1.82) is 0 Å². The molecule has 1 heterocycles. The fraction of sp³-hybridized carbons (Fsp3) is 0.222. The molecule has 0 aromatic heterocycles. The molecule has 1 atom stereocenters. The number of halogens is 1. The molecule has 2 amide bonds. The van der Waals surface area contributed by atoms with Gasteiger partial charge in [0.25, 0.3) is 5.91 Å². The first-order valence-electron chi connectivity index (χ1n) is 7.55. The van der Waals surface area contributed by atoms with Crippen molar-refractivity contribution in [2.45, 2.75) is 18.9 Å². The summed E-state index contributed by atoms with van der Waals surface area (Å²) in [7, 11) is 0. The predicted octanol–water partition coefficient (Wildman–Crippen LogP) is 2.29. The monoisotopic (exact) mass is 312 g/mol. The molecule has 0 unspecified atom stereocenters. The van der Waals surface area contributed by atoms with Gasteiger partial charge in [-0.15, -0.1) is 0 Å². The first-order chi connectivity index (χ1) is 11.2. The van der Waals surface area contributed by atoms with E-state index in [1.54, 1.807) is 42.5 Å². The van der Waals surface area contributed by atoms with Gasteiger partial charge >= 0.3 is 0 Å². The summed E-state index contributed by atoms with van der Waals surface area (Å²) in [6.07, 6.45) is 0.598. The maximum Gasteiger partial charge on any atom is 0.251 e. The maximum atomic E-state index is 13.6. The van der Waals surface area contributed by atoms with E-state index in [9.17, 15) is 14.0 Å². The van der Waals surface area contributed by atoms with Crippen LogP contribution in [0.25, 0.3) is 0 Å². The highest BCUT2D eigenvalue weighted by Gasteiger charge is 2.38. The fourth-order valence-corrected chi connectivity index (χ4v) is 2.72. The molecule has 3 rings (SSSR count). The molecule has 1 aliphatic rings. The molecule has 1 fully saturated rings. The summed E-state index contributed by atoms with van der Waals surface area (Å²) in [5.74, 6) is -0.728. The van der Waals surface area contributed by atoms with Gasteiger partial charge in [-0.2, -0.15) is 0 Å². The second-order valence-corrected chi connectivity index (χ2v) is 5.46. The number of carbonyl (C=O) groups is 2. The second-order valence-electron chi connectivity index (χ2n) is 5.46. The van der Waals surface area contributed by atoms with Crippen molar-refractivity contribution >= 4 is 17.5 Å². The van der Waals surface area contributed by atoms with Crippen LogP contribution < -0.4 is 10.2 Å². The normalized spacial score (nSPS) is 17.8. The van der Waals surface area contributed by atoms with E-state index in [1.807, 2.05) is 6.07 Å². The molecule has 2 aromatic carbocycles. The molecule has 0 spiro atoms. The Morgan fingerprint density at radius 1 is 1.04 bits per heavy atom. The third-order valence-corrected chi connectivity index (χ3v) is 3.90. The molecule has 0 radical (unpaired) electrons. The van der Waals surface area contributed by atoms with Crippen LogP contribution in [0.3, 0.4) is 0 Å². The largest absolute Gasteiger partial charge is 0.305 e. The SMILES string of the molecule is O=C1C[C@H](NCCc2ccccc2F)C(=O)N1c1ccccc1. The van der Waals surface area contributed by atoms with Crippen molar-refractivity contribution in [3.63, 3.8) is 0 Å². The van der Waals surface area contributed by atoms with Crippen LogP contribution >= 0.6 is 0 Å². The molecule has 4 nitrogen and oxygen atoms in total. The predicted molar refractivity (Wildman–Crippen MR) is 85.4 cm³/mol. The average Bonchev–Trinajstić information content (AvgIpc) is 2.84. The van der Waals surface area contributed by atoms with Crippen LogP contribution in [0, 0.1) is 5.82 Å². The number of anilines is 1. The smallest absolute Gasteiger partial charge is 0.251 e. The van der Waals surface area contributed by atoms with Crippen molar-refractivity contribution in [3.8, 4) is 0 Å². The van der Waals surface area contributed by atoms with Crippen LogP contribution in [-0.4, -0.2) is 24.4 Å². The number of nitrogens with one attached hydrogen (secondary N) is 1. The second kappa shape index (κ2) is 6.71. The molecule has 1 aliphatic heterocycles. The standard InChI is InChI=1S/C18H17FN2O2/c19-15-9-5-4-6-13(15)10-11-20-16-12-17(22)21(18(16)23)14-7-2-1-3-8-14/h1-9,16,20H,10-12H2/t16-/m0/s1. The van der Waals surface area contributed by atoms with Crippen molar-refractivity contribution < 1.29 is 14.0 Å². The average molecular weight is 312 g/mol. The van der Waals surface area contributed by atoms with Gasteiger partial charge in [0.2, 0.25) is 5.91 Å². The molecule has 0 aliphatic carbocycles. The van der Waals surface area contributed by atoms with Crippen molar-refractivity contribution in [1.82, 2.24) is 5.32 Å². The zero-order valence-corrected chi connectivity index (χ0v) is 12.5. The zero-order chi connectivity index (χ0) is 16.2. The zero-order valence-electron chi connectivity index (χ0n) is 12.5. The summed E-state index contributed by atoms with van der Waals surface area (Å²) < 4.78 is 13.6. The minimum atomic E-state index is -0.547. The number of hydrogen-bond donors (Lipinski definition) is 1. The molecular formula is C18H17FN2O2. The van der Waals surface area contributed by atoms with Gasteiger partial charge in [0.1, 0.15) is 5.82 Å². The minimum absolute atomic E-state index is 0.130. The number of rotatable bonds is 5. The lowest BCUT2D eigenvalue weighted by Gasteiger charge is -2.15. The van der Waals surface area contributed by atoms with Gasteiger partial charge < -0.3 is 5.32 Å². The molecule has 0 saturated carbocycles. The van der Waals surface area contributed by atoms with Gasteiger partial charge in [0, 0.05) is 6.54 Å². The van der Waals surface area contributed by atoms with Crippen LogP contribution in [0.15, 0.2) is 54.6 Å². The quantitative estimate of drug-likeness (QED) is 0.862. The third kappa shape index (κ3) is 3.29. The molecule has 23 heavy (non-hydrogen) atoms. The van der Waals surface area contributed by atoms with Gasteiger partial charge in [-0.1, -0.05) is 36.4 Å². The highest BCUT2D eigenvalue weighted by molar-refractivity contribution is 6.22. The van der Waals surface area contributed by atoms with Crippen LogP contribution in [0.4, 0.5) is 10.1 Å². The maximum absolute atomic E-state index is 13.6. The first-order valence-corrected chi connectivity index (χ1v) is 7.55. The van der Waals surface area contributed by atoms with Crippen molar-refractivity contribution in [2.24, 2.45) is 0 Å². The molecule has 5 heteroatoms. The Kier molecular flexibility index (Phi) is 4.48. The molecule has 1 saturated heterocycles. The van der Waals surface area contributed by atoms with Gasteiger partial charge in [-0.25, -0.2) is 9.29 Å². The molecule has 2 aromatic rings. The fourth-order valence-electron chi connectivity index (χ4n) is 2.72. The number of amides is 2. The molecule has 0 bridgehead atoms. The Labute approximate surface area is 133 Å². The van der Waals surface area contributed by atoms with E-state index in [0.717, 1.165) is 0 Å². The summed E-state index contributed by atoms with van der Waals surface area (Å²) >= 11 is 0. The summed E-state index contributed by atoms with van der Waals surface area (Å²) in [6, 6.07) is 14.9. The van der Waals surface area contributed by atoms with E-state index >= 15 is 0 Å².